The summed E-state index contributed by atoms with van der Waals surface area (Å²) in [4.78, 5) is 11.1. The molecule has 0 aliphatic rings. The number of primary amides is 1. The number of rotatable bonds is 5. The molecule has 1 aromatic rings. The normalized spacial score (nSPS) is 12.2. The first-order chi connectivity index (χ1) is 7.54. The Morgan fingerprint density at radius 2 is 2.25 bits per heavy atom. The molecular weight excluding hydrogens is 206 g/mol. The Bertz CT molecular complexity index is 377. The van der Waals surface area contributed by atoms with Crippen LogP contribution in [0.25, 0.3) is 0 Å². The molecule has 0 bridgehead atoms. The van der Waals surface area contributed by atoms with Crippen LogP contribution in [0.1, 0.15) is 22.8 Å². The number of hydrogen-bond donors (Lipinski definition) is 2. The average Bonchev–Trinajstić information content (AvgIpc) is 2.27. The number of carbonyl (C=O) groups is 1. The molecule has 0 fully saturated rings. The molecule has 1 unspecified atom stereocenters. The molecule has 1 amide bonds. The maximum atomic E-state index is 11.1. The van der Waals surface area contributed by atoms with Crippen molar-refractivity contribution >= 4 is 5.91 Å². The van der Waals surface area contributed by atoms with Crippen molar-refractivity contribution < 1.29 is 14.6 Å². The van der Waals surface area contributed by atoms with Gasteiger partial charge in [0, 0.05) is 18.1 Å². The fourth-order valence-corrected chi connectivity index (χ4v) is 1.25. The first-order valence-electron chi connectivity index (χ1n) is 5.18. The Morgan fingerprint density at radius 3 is 2.81 bits per heavy atom. The molecule has 0 radical (unpaired) electrons. The lowest BCUT2D eigenvalue weighted by Crippen LogP contribution is -2.14. The highest BCUT2D eigenvalue weighted by Gasteiger charge is 2.07. The third kappa shape index (κ3) is 3.24. The largest absolute Gasteiger partial charge is 0.493 e. The van der Waals surface area contributed by atoms with E-state index in [0.29, 0.717) is 17.9 Å². The van der Waals surface area contributed by atoms with Gasteiger partial charge >= 0.3 is 0 Å². The van der Waals surface area contributed by atoms with Gasteiger partial charge in [-0.2, -0.15) is 0 Å². The van der Waals surface area contributed by atoms with Gasteiger partial charge in [-0.1, -0.05) is 13.0 Å². The van der Waals surface area contributed by atoms with Crippen LogP contribution in [-0.2, 0) is 0 Å². The summed E-state index contributed by atoms with van der Waals surface area (Å²) in [6.07, 6.45) is 0. The number of nitrogens with two attached hydrogens (primary N) is 1. The monoisotopic (exact) mass is 223 g/mol. The molecule has 0 saturated carbocycles. The van der Waals surface area contributed by atoms with Gasteiger partial charge in [-0.05, 0) is 24.6 Å². The van der Waals surface area contributed by atoms with E-state index in [-0.39, 0.29) is 12.5 Å². The number of ether oxygens (including phenoxy) is 1. The molecule has 0 saturated heterocycles. The molecule has 1 rings (SSSR count). The number of benzene rings is 1. The highest BCUT2D eigenvalue weighted by atomic mass is 16.5. The molecule has 0 aliphatic carbocycles. The van der Waals surface area contributed by atoms with E-state index in [4.69, 9.17) is 15.6 Å². The molecule has 88 valence electrons. The Hall–Kier alpha value is -1.55. The van der Waals surface area contributed by atoms with Crippen LogP contribution in [0.3, 0.4) is 0 Å². The Balaban J connectivity index is 2.75. The molecule has 0 aliphatic heterocycles. The summed E-state index contributed by atoms with van der Waals surface area (Å²) < 4.78 is 5.44. The summed E-state index contributed by atoms with van der Waals surface area (Å²) in [6.45, 7) is 4.19. The first kappa shape index (κ1) is 12.5. The van der Waals surface area contributed by atoms with Gasteiger partial charge in [0.1, 0.15) is 5.75 Å². The van der Waals surface area contributed by atoms with E-state index >= 15 is 0 Å². The number of aliphatic hydroxyl groups is 1. The lowest BCUT2D eigenvalue weighted by molar-refractivity contribution is 0.0999. The Labute approximate surface area is 95.0 Å². The maximum Gasteiger partial charge on any atom is 0.249 e. The number of aliphatic hydroxyl groups excluding tert-OH is 1. The van der Waals surface area contributed by atoms with E-state index in [0.717, 1.165) is 5.56 Å². The standard InChI is InChI=1S/C12H17NO3/c1-8(6-14)7-16-10-4-3-9(2)11(5-10)12(13)15/h3-5,8,14H,6-7H2,1-2H3,(H2,13,15). The molecule has 0 heterocycles. The summed E-state index contributed by atoms with van der Waals surface area (Å²) in [7, 11) is 0. The molecule has 1 atom stereocenters. The summed E-state index contributed by atoms with van der Waals surface area (Å²) in [5, 5.41) is 8.85. The molecule has 3 N–H and O–H groups in total. The van der Waals surface area contributed by atoms with Crippen LogP contribution in [0.5, 0.6) is 5.75 Å². The van der Waals surface area contributed by atoms with E-state index in [9.17, 15) is 4.79 Å². The first-order valence-corrected chi connectivity index (χ1v) is 5.18. The quantitative estimate of drug-likeness (QED) is 0.785. The molecule has 0 spiro atoms. The maximum absolute atomic E-state index is 11.1. The third-order valence-corrected chi connectivity index (χ3v) is 2.32. The average molecular weight is 223 g/mol. The van der Waals surface area contributed by atoms with Crippen molar-refractivity contribution in [1.82, 2.24) is 0 Å². The molecule has 0 aromatic heterocycles. The van der Waals surface area contributed by atoms with Gasteiger partial charge in [0.15, 0.2) is 0 Å². The smallest absolute Gasteiger partial charge is 0.249 e. The van der Waals surface area contributed by atoms with Crippen molar-refractivity contribution in [3.05, 3.63) is 29.3 Å². The number of hydrogen-bond acceptors (Lipinski definition) is 3. The second kappa shape index (κ2) is 5.51. The highest BCUT2D eigenvalue weighted by molar-refractivity contribution is 5.94. The lowest BCUT2D eigenvalue weighted by Gasteiger charge is -2.11. The van der Waals surface area contributed by atoms with Crippen LogP contribution in [0, 0.1) is 12.8 Å². The molecule has 4 heteroatoms. The van der Waals surface area contributed by atoms with Gasteiger partial charge in [0.05, 0.1) is 6.61 Å². The summed E-state index contributed by atoms with van der Waals surface area (Å²) in [5.41, 5.74) is 6.53. The summed E-state index contributed by atoms with van der Waals surface area (Å²) in [6, 6.07) is 5.20. The van der Waals surface area contributed by atoms with Crippen LogP contribution in [0.4, 0.5) is 0 Å². The topological polar surface area (TPSA) is 72.6 Å². The fourth-order valence-electron chi connectivity index (χ4n) is 1.25. The number of amides is 1. The van der Waals surface area contributed by atoms with Gasteiger partial charge < -0.3 is 15.6 Å². The Morgan fingerprint density at radius 1 is 1.56 bits per heavy atom. The van der Waals surface area contributed by atoms with Gasteiger partial charge in [-0.25, -0.2) is 0 Å². The summed E-state index contributed by atoms with van der Waals surface area (Å²) >= 11 is 0. The zero-order valence-corrected chi connectivity index (χ0v) is 9.56. The zero-order valence-electron chi connectivity index (χ0n) is 9.56. The van der Waals surface area contributed by atoms with E-state index in [2.05, 4.69) is 0 Å². The van der Waals surface area contributed by atoms with Gasteiger partial charge in [-0.15, -0.1) is 0 Å². The molecule has 4 nitrogen and oxygen atoms in total. The second-order valence-corrected chi connectivity index (χ2v) is 3.94. The minimum Gasteiger partial charge on any atom is -0.493 e. The van der Waals surface area contributed by atoms with Crippen molar-refractivity contribution in [3.8, 4) is 5.75 Å². The van der Waals surface area contributed by atoms with Crippen LogP contribution in [-0.4, -0.2) is 24.2 Å². The van der Waals surface area contributed by atoms with Crippen LogP contribution in [0.2, 0.25) is 0 Å². The van der Waals surface area contributed by atoms with E-state index in [1.807, 2.05) is 13.8 Å². The second-order valence-electron chi connectivity index (χ2n) is 3.94. The van der Waals surface area contributed by atoms with Gasteiger partial charge in [-0.3, -0.25) is 4.79 Å². The predicted molar refractivity (Wildman–Crippen MR) is 61.4 cm³/mol. The molecule has 16 heavy (non-hydrogen) atoms. The third-order valence-electron chi connectivity index (χ3n) is 2.32. The van der Waals surface area contributed by atoms with Crippen molar-refractivity contribution in [2.75, 3.05) is 13.2 Å². The SMILES string of the molecule is Cc1ccc(OCC(C)CO)cc1C(N)=O. The minimum atomic E-state index is -0.460. The van der Waals surface area contributed by atoms with E-state index in [1.54, 1.807) is 18.2 Å². The van der Waals surface area contributed by atoms with Crippen molar-refractivity contribution in [1.29, 1.82) is 0 Å². The van der Waals surface area contributed by atoms with Gasteiger partial charge in [0.2, 0.25) is 5.91 Å². The van der Waals surface area contributed by atoms with Crippen molar-refractivity contribution in [3.63, 3.8) is 0 Å². The van der Waals surface area contributed by atoms with Crippen LogP contribution >= 0.6 is 0 Å². The van der Waals surface area contributed by atoms with Crippen LogP contribution < -0.4 is 10.5 Å². The fraction of sp³-hybridized carbons (Fsp3) is 0.417. The van der Waals surface area contributed by atoms with Crippen LogP contribution in [0.15, 0.2) is 18.2 Å². The highest BCUT2D eigenvalue weighted by Crippen LogP contribution is 2.17. The predicted octanol–water partition coefficient (Wildman–Crippen LogP) is 1.10. The van der Waals surface area contributed by atoms with E-state index < -0.39 is 5.91 Å². The van der Waals surface area contributed by atoms with Crippen molar-refractivity contribution in [2.45, 2.75) is 13.8 Å². The summed E-state index contributed by atoms with van der Waals surface area (Å²) in [5.74, 6) is 0.205. The molecular formula is C12H17NO3. The number of aryl methyl sites for hydroxylation is 1. The zero-order chi connectivity index (χ0) is 12.1. The van der Waals surface area contributed by atoms with Gasteiger partial charge in [0.25, 0.3) is 0 Å². The minimum absolute atomic E-state index is 0.0679. The number of carbonyl (C=O) groups excluding carboxylic acids is 1. The van der Waals surface area contributed by atoms with Crippen molar-refractivity contribution in [2.24, 2.45) is 11.7 Å². The molecule has 1 aromatic carbocycles. The van der Waals surface area contributed by atoms with E-state index in [1.165, 1.54) is 0 Å². The Kier molecular flexibility index (Phi) is 4.31. The lowest BCUT2D eigenvalue weighted by atomic mass is 10.1.